The van der Waals surface area contributed by atoms with Crippen molar-refractivity contribution in [3.8, 4) is 0 Å². The Hall–Kier alpha value is -1.14. The molecule has 1 aliphatic carbocycles. The Bertz CT molecular complexity index is 523. The Morgan fingerprint density at radius 1 is 1.47 bits per heavy atom. The fourth-order valence-electron chi connectivity index (χ4n) is 2.05. The van der Waals surface area contributed by atoms with Crippen LogP contribution >= 0.6 is 15.9 Å². The van der Waals surface area contributed by atoms with Crippen molar-refractivity contribution >= 4 is 21.8 Å². The van der Waals surface area contributed by atoms with Crippen LogP contribution in [0.5, 0.6) is 0 Å². The molecule has 1 aromatic heterocycles. The Morgan fingerprint density at radius 2 is 2.21 bits per heavy atom. The van der Waals surface area contributed by atoms with Gasteiger partial charge in [-0.25, -0.2) is 0 Å². The maximum atomic E-state index is 11.8. The fraction of sp³-hybridized carbons (Fsp3) is 0.538. The van der Waals surface area contributed by atoms with Crippen LogP contribution in [0.1, 0.15) is 19.3 Å². The monoisotopic (exact) mass is 328 g/mol. The Labute approximate surface area is 119 Å². The van der Waals surface area contributed by atoms with Gasteiger partial charge in [-0.05, 0) is 46.7 Å². The summed E-state index contributed by atoms with van der Waals surface area (Å²) in [5, 5.41) is 11.8. The van der Waals surface area contributed by atoms with Gasteiger partial charge < -0.3 is 15.0 Å². The van der Waals surface area contributed by atoms with E-state index < -0.39 is 0 Å². The van der Waals surface area contributed by atoms with Crippen LogP contribution in [0.3, 0.4) is 0 Å². The van der Waals surface area contributed by atoms with Crippen LogP contribution in [-0.2, 0) is 11.3 Å². The van der Waals surface area contributed by atoms with Gasteiger partial charge in [-0.2, -0.15) is 0 Å². The van der Waals surface area contributed by atoms with Gasteiger partial charge in [0.25, 0.3) is 5.56 Å². The molecule has 5 nitrogen and oxygen atoms in total. The highest BCUT2D eigenvalue weighted by Crippen LogP contribution is 2.47. The highest BCUT2D eigenvalue weighted by molar-refractivity contribution is 9.10. The topological polar surface area (TPSA) is 71.3 Å². The molecule has 6 heteroatoms. The molecule has 0 aliphatic heterocycles. The maximum absolute atomic E-state index is 11.8. The van der Waals surface area contributed by atoms with Gasteiger partial charge in [-0.15, -0.1) is 0 Å². The van der Waals surface area contributed by atoms with Crippen LogP contribution in [-0.4, -0.2) is 28.7 Å². The Morgan fingerprint density at radius 3 is 2.84 bits per heavy atom. The van der Waals surface area contributed by atoms with E-state index in [1.807, 2.05) is 0 Å². The summed E-state index contributed by atoms with van der Waals surface area (Å²) in [6, 6.07) is 3.07. The van der Waals surface area contributed by atoms with E-state index in [2.05, 4.69) is 21.2 Å². The van der Waals surface area contributed by atoms with Crippen molar-refractivity contribution in [1.82, 2.24) is 9.88 Å². The van der Waals surface area contributed by atoms with E-state index in [0.717, 1.165) is 23.7 Å². The molecule has 0 aromatic carbocycles. The first kappa shape index (κ1) is 14.3. The number of hydrogen-bond donors (Lipinski definition) is 2. The molecule has 0 unspecified atom stereocenters. The van der Waals surface area contributed by atoms with Crippen molar-refractivity contribution in [3.63, 3.8) is 0 Å². The van der Waals surface area contributed by atoms with E-state index in [1.54, 1.807) is 12.3 Å². The summed E-state index contributed by atoms with van der Waals surface area (Å²) in [6.07, 6.45) is 4.42. The van der Waals surface area contributed by atoms with Crippen molar-refractivity contribution in [1.29, 1.82) is 0 Å². The summed E-state index contributed by atoms with van der Waals surface area (Å²) < 4.78 is 2.13. The predicted molar refractivity (Wildman–Crippen MR) is 74.8 cm³/mol. The molecule has 0 bridgehead atoms. The van der Waals surface area contributed by atoms with Crippen LogP contribution < -0.4 is 10.9 Å². The lowest BCUT2D eigenvalue weighted by atomic mass is 10.0. The second kappa shape index (κ2) is 5.88. The Kier molecular flexibility index (Phi) is 4.42. The Balaban J connectivity index is 1.88. The lowest BCUT2D eigenvalue weighted by Crippen LogP contribution is -2.35. The molecule has 104 valence electrons. The number of hydrogen-bond acceptors (Lipinski definition) is 3. The standard InChI is InChI=1S/C13H17BrN2O3/c14-10-1-2-12(19)16(7-10)8-11(18)15-9-13(3-4-13)5-6-17/h1-2,7,17H,3-6,8-9H2,(H,15,18). The highest BCUT2D eigenvalue weighted by atomic mass is 79.9. The average Bonchev–Trinajstić information content (AvgIpc) is 3.12. The third-order valence-electron chi connectivity index (χ3n) is 3.52. The van der Waals surface area contributed by atoms with E-state index >= 15 is 0 Å². The zero-order valence-electron chi connectivity index (χ0n) is 10.6. The van der Waals surface area contributed by atoms with Gasteiger partial charge in [0.1, 0.15) is 6.54 Å². The number of pyridine rings is 1. The van der Waals surface area contributed by atoms with Crippen LogP contribution in [0.2, 0.25) is 0 Å². The number of rotatable bonds is 6. The van der Waals surface area contributed by atoms with Crippen LogP contribution in [0.15, 0.2) is 27.6 Å². The zero-order valence-corrected chi connectivity index (χ0v) is 12.1. The third-order valence-corrected chi connectivity index (χ3v) is 3.99. The van der Waals surface area contributed by atoms with Gasteiger partial charge in [-0.1, -0.05) is 0 Å². The van der Waals surface area contributed by atoms with E-state index in [1.165, 1.54) is 10.6 Å². The molecule has 1 saturated carbocycles. The predicted octanol–water partition coefficient (Wildman–Crippen LogP) is 0.890. The van der Waals surface area contributed by atoms with Crippen molar-refractivity contribution in [2.45, 2.75) is 25.8 Å². The first-order chi connectivity index (χ1) is 9.04. The number of nitrogens with one attached hydrogen (secondary N) is 1. The molecule has 1 heterocycles. The summed E-state index contributed by atoms with van der Waals surface area (Å²) in [6.45, 7) is 0.754. The second-order valence-electron chi connectivity index (χ2n) is 5.06. The van der Waals surface area contributed by atoms with Crippen LogP contribution in [0.4, 0.5) is 0 Å². The number of amides is 1. The molecule has 1 aliphatic rings. The first-order valence-electron chi connectivity index (χ1n) is 6.28. The summed E-state index contributed by atoms with van der Waals surface area (Å²) >= 11 is 3.27. The van der Waals surface area contributed by atoms with Gasteiger partial charge in [0.2, 0.25) is 5.91 Å². The molecule has 0 radical (unpaired) electrons. The van der Waals surface area contributed by atoms with E-state index in [0.29, 0.717) is 6.54 Å². The normalized spacial score (nSPS) is 16.1. The second-order valence-corrected chi connectivity index (χ2v) is 5.98. The molecule has 1 fully saturated rings. The SMILES string of the molecule is O=C(Cn1cc(Br)ccc1=O)NCC1(CCO)CC1. The minimum Gasteiger partial charge on any atom is -0.396 e. The third kappa shape index (κ3) is 3.91. The van der Waals surface area contributed by atoms with Crippen LogP contribution in [0, 0.1) is 5.41 Å². The number of nitrogens with zero attached hydrogens (tertiary/aromatic N) is 1. The molecule has 2 rings (SSSR count). The fourth-order valence-corrected chi connectivity index (χ4v) is 2.43. The molecule has 1 aromatic rings. The number of aliphatic hydroxyl groups excluding tert-OH is 1. The molecule has 2 N–H and O–H groups in total. The van der Waals surface area contributed by atoms with Gasteiger partial charge in [0, 0.05) is 29.9 Å². The maximum Gasteiger partial charge on any atom is 0.251 e. The molecule has 0 spiro atoms. The summed E-state index contributed by atoms with van der Waals surface area (Å²) in [5.74, 6) is -0.176. The molecule has 0 saturated heterocycles. The summed E-state index contributed by atoms with van der Waals surface area (Å²) in [4.78, 5) is 23.4. The number of halogens is 1. The van der Waals surface area contributed by atoms with Crippen molar-refractivity contribution in [2.24, 2.45) is 5.41 Å². The molecular weight excluding hydrogens is 312 g/mol. The highest BCUT2D eigenvalue weighted by Gasteiger charge is 2.41. The quantitative estimate of drug-likeness (QED) is 0.814. The number of aliphatic hydroxyl groups is 1. The lowest BCUT2D eigenvalue weighted by Gasteiger charge is -2.15. The zero-order chi connectivity index (χ0) is 13.9. The molecule has 1 amide bonds. The summed E-state index contributed by atoms with van der Waals surface area (Å²) in [5.41, 5.74) is -0.109. The molecular formula is C13H17BrN2O3. The van der Waals surface area contributed by atoms with E-state index in [4.69, 9.17) is 5.11 Å². The molecule has 19 heavy (non-hydrogen) atoms. The smallest absolute Gasteiger partial charge is 0.251 e. The molecule has 0 atom stereocenters. The van der Waals surface area contributed by atoms with Crippen molar-refractivity contribution < 1.29 is 9.90 Å². The number of carbonyl (C=O) groups excluding carboxylic acids is 1. The van der Waals surface area contributed by atoms with Crippen molar-refractivity contribution in [3.05, 3.63) is 33.2 Å². The van der Waals surface area contributed by atoms with Gasteiger partial charge in [0.05, 0.1) is 0 Å². The minimum atomic E-state index is -0.199. The van der Waals surface area contributed by atoms with Crippen LogP contribution in [0.25, 0.3) is 0 Å². The largest absolute Gasteiger partial charge is 0.396 e. The lowest BCUT2D eigenvalue weighted by molar-refractivity contribution is -0.122. The summed E-state index contributed by atoms with van der Waals surface area (Å²) in [7, 11) is 0. The van der Waals surface area contributed by atoms with Gasteiger partial charge in [-0.3, -0.25) is 9.59 Å². The average molecular weight is 329 g/mol. The number of aromatic nitrogens is 1. The van der Waals surface area contributed by atoms with Crippen molar-refractivity contribution in [2.75, 3.05) is 13.2 Å². The van der Waals surface area contributed by atoms with Gasteiger partial charge >= 0.3 is 0 Å². The minimum absolute atomic E-state index is 0.0213. The first-order valence-corrected chi connectivity index (χ1v) is 7.08. The number of carbonyl (C=O) groups is 1. The van der Waals surface area contributed by atoms with Gasteiger partial charge in [0.15, 0.2) is 0 Å². The van der Waals surface area contributed by atoms with E-state index in [-0.39, 0.29) is 30.0 Å². The van der Waals surface area contributed by atoms with E-state index in [9.17, 15) is 9.59 Å².